The van der Waals surface area contributed by atoms with Crippen LogP contribution in [0.4, 0.5) is 0 Å². The standard InChI is InChI=1S/C15H19N3O2/c1-18(9-6-16-7-10-18)8-5-11-3-2-4-12-13(11)15(20)17-14(12)19/h2-4,16H,5-10H2,1H3/p+1. The lowest BCUT2D eigenvalue weighted by Gasteiger charge is -2.38. The van der Waals surface area contributed by atoms with Gasteiger partial charge in [0, 0.05) is 19.5 Å². The number of fused-ring (bicyclic) bond motifs is 1. The molecule has 1 saturated heterocycles. The van der Waals surface area contributed by atoms with Gasteiger partial charge < -0.3 is 9.80 Å². The normalized spacial score (nSPS) is 20.6. The molecule has 20 heavy (non-hydrogen) atoms. The molecule has 1 fully saturated rings. The van der Waals surface area contributed by atoms with Gasteiger partial charge >= 0.3 is 0 Å². The Morgan fingerprint density at radius 3 is 2.65 bits per heavy atom. The second-order valence-corrected chi connectivity index (χ2v) is 5.91. The third kappa shape index (κ3) is 2.34. The van der Waals surface area contributed by atoms with E-state index in [1.54, 1.807) is 6.07 Å². The molecule has 106 valence electrons. The maximum absolute atomic E-state index is 11.9. The molecule has 0 atom stereocenters. The zero-order valence-corrected chi connectivity index (χ0v) is 11.7. The number of carbonyl (C=O) groups excluding carboxylic acids is 2. The second kappa shape index (κ2) is 5.00. The van der Waals surface area contributed by atoms with Crippen LogP contribution in [0.1, 0.15) is 26.3 Å². The smallest absolute Gasteiger partial charge is 0.259 e. The van der Waals surface area contributed by atoms with Crippen molar-refractivity contribution >= 4 is 11.8 Å². The summed E-state index contributed by atoms with van der Waals surface area (Å²) in [5, 5.41) is 5.75. The van der Waals surface area contributed by atoms with Gasteiger partial charge in [-0.2, -0.15) is 0 Å². The van der Waals surface area contributed by atoms with Gasteiger partial charge in [-0.05, 0) is 11.6 Å². The van der Waals surface area contributed by atoms with Crippen molar-refractivity contribution in [3.63, 3.8) is 0 Å². The predicted molar refractivity (Wildman–Crippen MR) is 75.6 cm³/mol. The number of nitrogens with zero attached hydrogens (tertiary/aromatic N) is 1. The Kier molecular flexibility index (Phi) is 3.31. The molecule has 2 aliphatic rings. The van der Waals surface area contributed by atoms with Gasteiger partial charge in [0.2, 0.25) is 0 Å². The van der Waals surface area contributed by atoms with Gasteiger partial charge in [0.1, 0.15) is 0 Å². The van der Waals surface area contributed by atoms with Crippen molar-refractivity contribution in [2.75, 3.05) is 39.8 Å². The Morgan fingerprint density at radius 1 is 1.15 bits per heavy atom. The fraction of sp³-hybridized carbons (Fsp3) is 0.467. The molecule has 5 heteroatoms. The molecule has 0 saturated carbocycles. The highest BCUT2D eigenvalue weighted by molar-refractivity contribution is 6.22. The number of piperazine rings is 1. The van der Waals surface area contributed by atoms with E-state index >= 15 is 0 Å². The van der Waals surface area contributed by atoms with Crippen LogP contribution in [0, 0.1) is 0 Å². The number of hydrogen-bond acceptors (Lipinski definition) is 3. The Morgan fingerprint density at radius 2 is 1.90 bits per heavy atom. The van der Waals surface area contributed by atoms with Crippen LogP contribution in [-0.2, 0) is 6.42 Å². The summed E-state index contributed by atoms with van der Waals surface area (Å²) in [4.78, 5) is 23.5. The van der Waals surface area contributed by atoms with Gasteiger partial charge in [-0.3, -0.25) is 14.9 Å². The van der Waals surface area contributed by atoms with Crippen LogP contribution in [0.25, 0.3) is 0 Å². The van der Waals surface area contributed by atoms with E-state index in [0.717, 1.165) is 49.2 Å². The Labute approximate surface area is 118 Å². The molecule has 2 aliphatic heterocycles. The first-order valence-corrected chi connectivity index (χ1v) is 7.11. The minimum atomic E-state index is -0.269. The minimum absolute atomic E-state index is 0.247. The number of likely N-dealkylation sites (N-methyl/N-ethyl adjacent to an activating group) is 1. The van der Waals surface area contributed by atoms with Crippen molar-refractivity contribution in [3.8, 4) is 0 Å². The Balaban J connectivity index is 1.79. The average Bonchev–Trinajstić information content (AvgIpc) is 2.74. The summed E-state index contributed by atoms with van der Waals surface area (Å²) in [5.41, 5.74) is 2.10. The maximum Gasteiger partial charge on any atom is 0.259 e. The van der Waals surface area contributed by atoms with Crippen LogP contribution in [0.3, 0.4) is 0 Å². The SMILES string of the molecule is C[N+]1(CCc2cccc3c2C(=O)NC3=O)CCNCC1. The average molecular weight is 274 g/mol. The number of benzene rings is 1. The number of amides is 2. The van der Waals surface area contributed by atoms with Gasteiger partial charge in [-0.1, -0.05) is 12.1 Å². The number of carbonyl (C=O) groups is 2. The van der Waals surface area contributed by atoms with Gasteiger partial charge in [0.15, 0.2) is 0 Å². The van der Waals surface area contributed by atoms with E-state index in [4.69, 9.17) is 0 Å². The molecule has 0 spiro atoms. The van der Waals surface area contributed by atoms with E-state index in [2.05, 4.69) is 17.7 Å². The summed E-state index contributed by atoms with van der Waals surface area (Å²) in [6.07, 6.45) is 0.834. The number of quaternary nitrogens is 1. The van der Waals surface area contributed by atoms with Crippen molar-refractivity contribution in [2.45, 2.75) is 6.42 Å². The Bertz CT molecular complexity index is 562. The number of imide groups is 1. The minimum Gasteiger partial charge on any atom is -0.324 e. The molecular weight excluding hydrogens is 254 g/mol. The van der Waals surface area contributed by atoms with Crippen molar-refractivity contribution in [1.29, 1.82) is 0 Å². The Hall–Kier alpha value is -1.72. The lowest BCUT2D eigenvalue weighted by Crippen LogP contribution is -2.56. The third-order valence-electron chi connectivity index (χ3n) is 4.43. The molecule has 2 N–H and O–H groups in total. The molecule has 3 rings (SSSR count). The highest BCUT2D eigenvalue weighted by atomic mass is 16.2. The highest BCUT2D eigenvalue weighted by Gasteiger charge is 2.30. The molecule has 5 nitrogen and oxygen atoms in total. The summed E-state index contributed by atoms with van der Waals surface area (Å²) in [6, 6.07) is 5.55. The molecule has 2 amide bonds. The molecule has 0 bridgehead atoms. The first-order valence-electron chi connectivity index (χ1n) is 7.11. The van der Waals surface area contributed by atoms with Crippen molar-refractivity contribution in [3.05, 3.63) is 34.9 Å². The highest BCUT2D eigenvalue weighted by Crippen LogP contribution is 2.21. The first kappa shape index (κ1) is 13.3. The summed E-state index contributed by atoms with van der Waals surface area (Å²) >= 11 is 0. The largest absolute Gasteiger partial charge is 0.324 e. The van der Waals surface area contributed by atoms with Crippen molar-refractivity contribution < 1.29 is 14.1 Å². The van der Waals surface area contributed by atoms with Crippen LogP contribution in [0.5, 0.6) is 0 Å². The summed E-state index contributed by atoms with van der Waals surface area (Å²) in [6.45, 7) is 5.31. The molecule has 1 aromatic rings. The first-order chi connectivity index (χ1) is 9.59. The van der Waals surface area contributed by atoms with Crippen LogP contribution in [0.2, 0.25) is 0 Å². The summed E-state index contributed by atoms with van der Waals surface area (Å²) in [5.74, 6) is -0.516. The molecule has 0 unspecified atom stereocenters. The molecule has 0 aliphatic carbocycles. The van der Waals surface area contributed by atoms with Crippen LogP contribution in [-0.4, -0.2) is 56.1 Å². The fourth-order valence-corrected chi connectivity index (χ4v) is 3.05. The van der Waals surface area contributed by atoms with E-state index < -0.39 is 0 Å². The monoisotopic (exact) mass is 274 g/mol. The lowest BCUT2D eigenvalue weighted by atomic mass is 9.99. The summed E-state index contributed by atoms with van der Waals surface area (Å²) in [7, 11) is 2.26. The van der Waals surface area contributed by atoms with Gasteiger partial charge in [-0.25, -0.2) is 0 Å². The van der Waals surface area contributed by atoms with Gasteiger partial charge in [0.05, 0.1) is 37.8 Å². The van der Waals surface area contributed by atoms with Crippen LogP contribution in [0.15, 0.2) is 18.2 Å². The van der Waals surface area contributed by atoms with Crippen molar-refractivity contribution in [1.82, 2.24) is 10.6 Å². The second-order valence-electron chi connectivity index (χ2n) is 5.91. The predicted octanol–water partition coefficient (Wildman–Crippen LogP) is 0.163. The van der Waals surface area contributed by atoms with E-state index in [1.165, 1.54) is 0 Å². The van der Waals surface area contributed by atoms with E-state index in [-0.39, 0.29) is 11.8 Å². The van der Waals surface area contributed by atoms with Crippen LogP contribution >= 0.6 is 0 Å². The number of rotatable bonds is 3. The number of nitrogens with one attached hydrogen (secondary N) is 2. The lowest BCUT2D eigenvalue weighted by molar-refractivity contribution is -0.910. The zero-order chi connectivity index (χ0) is 14.2. The molecular formula is C15H20N3O2+. The van der Waals surface area contributed by atoms with E-state index in [1.807, 2.05) is 12.1 Å². The third-order valence-corrected chi connectivity index (χ3v) is 4.43. The quantitative estimate of drug-likeness (QED) is 0.610. The maximum atomic E-state index is 11.9. The van der Waals surface area contributed by atoms with Crippen molar-refractivity contribution in [2.24, 2.45) is 0 Å². The molecule has 0 radical (unpaired) electrons. The number of hydrogen-bond donors (Lipinski definition) is 2. The van der Waals surface area contributed by atoms with E-state index in [9.17, 15) is 9.59 Å². The fourth-order valence-electron chi connectivity index (χ4n) is 3.05. The molecule has 2 heterocycles. The van der Waals surface area contributed by atoms with Crippen LogP contribution < -0.4 is 10.6 Å². The van der Waals surface area contributed by atoms with Gasteiger partial charge in [-0.15, -0.1) is 0 Å². The zero-order valence-electron chi connectivity index (χ0n) is 11.7. The summed E-state index contributed by atoms with van der Waals surface area (Å²) < 4.78 is 1.02. The molecule has 1 aromatic carbocycles. The van der Waals surface area contributed by atoms with E-state index in [0.29, 0.717) is 11.1 Å². The molecule has 0 aromatic heterocycles. The topological polar surface area (TPSA) is 58.2 Å². The van der Waals surface area contributed by atoms with Gasteiger partial charge in [0.25, 0.3) is 11.8 Å².